The number of nitrogens with two attached hydrogens (primary N) is 1. The minimum absolute atomic E-state index is 0.0493. The van der Waals surface area contributed by atoms with Gasteiger partial charge in [0.1, 0.15) is 11.5 Å². The molecule has 1 rings (SSSR count). The van der Waals surface area contributed by atoms with E-state index < -0.39 is 11.2 Å². The van der Waals surface area contributed by atoms with E-state index in [-0.39, 0.29) is 5.69 Å². The van der Waals surface area contributed by atoms with E-state index >= 15 is 0 Å². The van der Waals surface area contributed by atoms with E-state index in [0.717, 1.165) is 17.4 Å². The van der Waals surface area contributed by atoms with Crippen molar-refractivity contribution in [2.45, 2.75) is 19.8 Å². The summed E-state index contributed by atoms with van der Waals surface area (Å²) in [5.41, 5.74) is 4.68. The number of aromatic nitrogens is 2. The van der Waals surface area contributed by atoms with Gasteiger partial charge in [-0.25, -0.2) is 4.79 Å². The Balaban J connectivity index is 3.00. The number of rotatable bonds is 4. The Morgan fingerprint density at radius 2 is 2.13 bits per heavy atom. The minimum Gasteiger partial charge on any atom is -0.391 e. The van der Waals surface area contributed by atoms with Crippen LogP contribution in [0.4, 0.5) is 11.5 Å². The molecule has 1 heterocycles. The smallest absolute Gasteiger partial charge is 0.329 e. The topological polar surface area (TPSA) is 92.9 Å². The SMILES string of the molecule is CCCCNc1[nH]c(=O)n(C)c(=O)c1N. The van der Waals surface area contributed by atoms with Gasteiger partial charge >= 0.3 is 5.69 Å². The predicted molar refractivity (Wildman–Crippen MR) is 60.1 cm³/mol. The van der Waals surface area contributed by atoms with Crippen LogP contribution in [-0.4, -0.2) is 16.1 Å². The molecule has 0 amide bonds. The molecular formula is C9H16N4O2. The van der Waals surface area contributed by atoms with Crippen LogP contribution in [0.15, 0.2) is 9.59 Å². The zero-order valence-electron chi connectivity index (χ0n) is 8.96. The summed E-state index contributed by atoms with van der Waals surface area (Å²) in [5.74, 6) is 0.316. The molecule has 0 aliphatic carbocycles. The number of nitrogen functional groups attached to an aromatic ring is 1. The number of anilines is 2. The van der Waals surface area contributed by atoms with Gasteiger partial charge < -0.3 is 11.1 Å². The van der Waals surface area contributed by atoms with Gasteiger partial charge in [-0.2, -0.15) is 0 Å². The first-order valence-electron chi connectivity index (χ1n) is 4.90. The van der Waals surface area contributed by atoms with Crippen LogP contribution in [0.25, 0.3) is 0 Å². The molecule has 15 heavy (non-hydrogen) atoms. The zero-order valence-corrected chi connectivity index (χ0v) is 8.96. The maximum Gasteiger partial charge on any atom is 0.329 e. The number of H-pyrrole nitrogens is 1. The van der Waals surface area contributed by atoms with Gasteiger partial charge in [-0.1, -0.05) is 13.3 Å². The van der Waals surface area contributed by atoms with Crippen LogP contribution in [0, 0.1) is 0 Å². The van der Waals surface area contributed by atoms with E-state index in [0.29, 0.717) is 12.4 Å². The molecule has 0 atom stereocenters. The number of nitrogens with zero attached hydrogens (tertiary/aromatic N) is 1. The first-order chi connectivity index (χ1) is 7.07. The van der Waals surface area contributed by atoms with Crippen molar-refractivity contribution < 1.29 is 0 Å². The predicted octanol–water partition coefficient (Wildman–Crippen LogP) is -0.132. The molecule has 84 valence electrons. The van der Waals surface area contributed by atoms with E-state index in [1.807, 2.05) is 0 Å². The van der Waals surface area contributed by atoms with Crippen LogP contribution >= 0.6 is 0 Å². The van der Waals surface area contributed by atoms with Crippen LogP contribution in [0.2, 0.25) is 0 Å². The number of aromatic amines is 1. The molecule has 0 saturated heterocycles. The number of nitrogens with one attached hydrogen (secondary N) is 2. The van der Waals surface area contributed by atoms with Crippen molar-refractivity contribution in [3.05, 3.63) is 20.8 Å². The highest BCUT2D eigenvalue weighted by molar-refractivity contribution is 5.58. The molecular weight excluding hydrogens is 196 g/mol. The Morgan fingerprint density at radius 3 is 2.73 bits per heavy atom. The van der Waals surface area contributed by atoms with Crippen molar-refractivity contribution in [3.63, 3.8) is 0 Å². The van der Waals surface area contributed by atoms with Crippen molar-refractivity contribution >= 4 is 11.5 Å². The summed E-state index contributed by atoms with van der Waals surface area (Å²) in [5, 5.41) is 2.93. The summed E-state index contributed by atoms with van der Waals surface area (Å²) in [7, 11) is 1.38. The van der Waals surface area contributed by atoms with Crippen molar-refractivity contribution in [2.75, 3.05) is 17.6 Å². The standard InChI is InChI=1S/C9H16N4O2/c1-3-4-5-11-7-6(10)8(14)13(2)9(15)12-7/h11H,3-5,10H2,1-2H3,(H,12,15). The molecule has 1 aromatic rings. The summed E-state index contributed by atoms with van der Waals surface area (Å²) >= 11 is 0. The molecule has 4 N–H and O–H groups in total. The number of hydrogen-bond acceptors (Lipinski definition) is 4. The first-order valence-corrected chi connectivity index (χ1v) is 4.90. The van der Waals surface area contributed by atoms with Gasteiger partial charge in [0.15, 0.2) is 0 Å². The van der Waals surface area contributed by atoms with Gasteiger partial charge in [0.2, 0.25) is 0 Å². The molecule has 6 heteroatoms. The van der Waals surface area contributed by atoms with Crippen LogP contribution in [-0.2, 0) is 7.05 Å². The van der Waals surface area contributed by atoms with Gasteiger partial charge in [-0.05, 0) is 6.42 Å². The van der Waals surface area contributed by atoms with Crippen LogP contribution < -0.4 is 22.3 Å². The van der Waals surface area contributed by atoms with E-state index in [9.17, 15) is 9.59 Å². The Hall–Kier alpha value is -1.72. The highest BCUT2D eigenvalue weighted by Crippen LogP contribution is 2.06. The van der Waals surface area contributed by atoms with E-state index in [1.54, 1.807) is 0 Å². The molecule has 0 saturated carbocycles. The Bertz CT molecular complexity index is 446. The van der Waals surface area contributed by atoms with E-state index in [1.165, 1.54) is 7.05 Å². The highest BCUT2D eigenvalue weighted by Gasteiger charge is 2.07. The number of unbranched alkanes of at least 4 members (excludes halogenated alkanes) is 1. The van der Waals surface area contributed by atoms with Gasteiger partial charge in [-0.15, -0.1) is 0 Å². The summed E-state index contributed by atoms with van der Waals surface area (Å²) in [6, 6.07) is 0. The molecule has 0 aliphatic rings. The molecule has 1 aromatic heterocycles. The summed E-state index contributed by atoms with van der Waals surface area (Å²) in [6.07, 6.45) is 1.98. The van der Waals surface area contributed by atoms with E-state index in [4.69, 9.17) is 5.73 Å². The molecule has 0 aromatic carbocycles. The monoisotopic (exact) mass is 212 g/mol. The average molecular weight is 212 g/mol. The van der Waals surface area contributed by atoms with Crippen LogP contribution in [0.1, 0.15) is 19.8 Å². The lowest BCUT2D eigenvalue weighted by Crippen LogP contribution is -2.35. The minimum atomic E-state index is -0.474. The Kier molecular flexibility index (Phi) is 3.54. The van der Waals surface area contributed by atoms with Crippen molar-refractivity contribution in [1.29, 1.82) is 0 Å². The van der Waals surface area contributed by atoms with Gasteiger partial charge in [-0.3, -0.25) is 14.3 Å². The normalized spacial score (nSPS) is 10.3. The molecule has 0 aliphatic heterocycles. The molecule has 6 nitrogen and oxygen atoms in total. The van der Waals surface area contributed by atoms with Crippen molar-refractivity contribution in [3.8, 4) is 0 Å². The molecule has 0 bridgehead atoms. The summed E-state index contributed by atoms with van der Waals surface area (Å²) < 4.78 is 0.945. The largest absolute Gasteiger partial charge is 0.391 e. The molecule has 0 radical (unpaired) electrons. The fourth-order valence-electron chi connectivity index (χ4n) is 1.17. The second kappa shape index (κ2) is 4.68. The average Bonchev–Trinajstić information content (AvgIpc) is 2.23. The molecule has 0 unspecified atom stereocenters. The third-order valence-corrected chi connectivity index (χ3v) is 2.17. The maximum atomic E-state index is 11.4. The molecule has 0 spiro atoms. The van der Waals surface area contributed by atoms with Crippen molar-refractivity contribution in [2.24, 2.45) is 7.05 Å². The third kappa shape index (κ3) is 2.39. The fraction of sp³-hybridized carbons (Fsp3) is 0.556. The maximum absolute atomic E-state index is 11.4. The lowest BCUT2D eigenvalue weighted by Gasteiger charge is -2.08. The fourth-order valence-corrected chi connectivity index (χ4v) is 1.17. The van der Waals surface area contributed by atoms with Crippen molar-refractivity contribution in [1.82, 2.24) is 9.55 Å². The Labute approximate surface area is 87.1 Å². The molecule has 0 fully saturated rings. The quantitative estimate of drug-likeness (QED) is 0.606. The van der Waals surface area contributed by atoms with E-state index in [2.05, 4.69) is 17.2 Å². The van der Waals surface area contributed by atoms with Gasteiger partial charge in [0, 0.05) is 13.6 Å². The number of hydrogen-bond donors (Lipinski definition) is 3. The van der Waals surface area contributed by atoms with Gasteiger partial charge in [0.25, 0.3) is 5.56 Å². The summed E-state index contributed by atoms with van der Waals surface area (Å²) in [4.78, 5) is 25.2. The second-order valence-electron chi connectivity index (χ2n) is 3.36. The summed E-state index contributed by atoms with van der Waals surface area (Å²) in [6.45, 7) is 2.74. The Morgan fingerprint density at radius 1 is 1.47 bits per heavy atom. The zero-order chi connectivity index (χ0) is 11.4. The first kappa shape index (κ1) is 11.4. The van der Waals surface area contributed by atoms with Crippen LogP contribution in [0.3, 0.4) is 0 Å². The lowest BCUT2D eigenvalue weighted by molar-refractivity contribution is 0.774. The second-order valence-corrected chi connectivity index (χ2v) is 3.36. The van der Waals surface area contributed by atoms with Gasteiger partial charge in [0.05, 0.1) is 0 Å². The lowest BCUT2D eigenvalue weighted by atomic mass is 10.3. The van der Waals surface area contributed by atoms with Crippen LogP contribution in [0.5, 0.6) is 0 Å². The highest BCUT2D eigenvalue weighted by atomic mass is 16.2. The third-order valence-electron chi connectivity index (χ3n) is 2.17.